The van der Waals surface area contributed by atoms with Crippen molar-refractivity contribution in [3.05, 3.63) is 30.3 Å². The van der Waals surface area contributed by atoms with Crippen LogP contribution in [0.4, 0.5) is 4.79 Å². The zero-order chi connectivity index (χ0) is 12.5. The number of aliphatic hydroxyl groups excluding tert-OH is 1. The maximum absolute atomic E-state index is 11.2. The van der Waals surface area contributed by atoms with Crippen molar-refractivity contribution >= 4 is 6.03 Å². The molecule has 1 aromatic carbocycles. The molecule has 0 fully saturated rings. The molecule has 0 saturated heterocycles. The fourth-order valence-electron chi connectivity index (χ4n) is 1.17. The molecule has 0 radical (unpaired) electrons. The SMILES string of the molecule is C[C@@H](CO)NC(=O)NCCOc1ccccc1. The smallest absolute Gasteiger partial charge is 0.315 e. The van der Waals surface area contributed by atoms with Crippen molar-refractivity contribution in [2.45, 2.75) is 13.0 Å². The van der Waals surface area contributed by atoms with Crippen LogP contribution in [-0.4, -0.2) is 36.9 Å². The van der Waals surface area contributed by atoms with Gasteiger partial charge in [0.15, 0.2) is 0 Å². The van der Waals surface area contributed by atoms with Gasteiger partial charge >= 0.3 is 6.03 Å². The summed E-state index contributed by atoms with van der Waals surface area (Å²) in [7, 11) is 0. The Hall–Kier alpha value is -1.75. The van der Waals surface area contributed by atoms with E-state index in [2.05, 4.69) is 10.6 Å². The number of benzene rings is 1. The second kappa shape index (κ2) is 7.51. The van der Waals surface area contributed by atoms with Gasteiger partial charge in [0.25, 0.3) is 0 Å². The van der Waals surface area contributed by atoms with E-state index in [1.165, 1.54) is 0 Å². The number of rotatable bonds is 6. The molecule has 2 amide bonds. The van der Waals surface area contributed by atoms with Crippen LogP contribution in [0.5, 0.6) is 5.75 Å². The Morgan fingerprint density at radius 1 is 1.41 bits per heavy atom. The van der Waals surface area contributed by atoms with Crippen LogP contribution in [-0.2, 0) is 0 Å². The highest BCUT2D eigenvalue weighted by Gasteiger charge is 2.04. The molecule has 1 atom stereocenters. The Balaban J connectivity index is 2.10. The number of nitrogens with one attached hydrogen (secondary N) is 2. The first-order chi connectivity index (χ1) is 8.22. The minimum atomic E-state index is -0.303. The number of amides is 2. The van der Waals surface area contributed by atoms with Crippen LogP contribution in [0.2, 0.25) is 0 Å². The molecule has 3 N–H and O–H groups in total. The molecule has 0 saturated carbocycles. The number of aliphatic hydroxyl groups is 1. The number of urea groups is 1. The second-order valence-corrected chi connectivity index (χ2v) is 3.65. The average Bonchev–Trinajstić information content (AvgIpc) is 2.36. The number of ether oxygens (including phenoxy) is 1. The maximum atomic E-state index is 11.2. The van der Waals surface area contributed by atoms with Gasteiger partial charge in [0, 0.05) is 0 Å². The molecule has 5 nitrogen and oxygen atoms in total. The van der Waals surface area contributed by atoms with Gasteiger partial charge < -0.3 is 20.5 Å². The molecule has 17 heavy (non-hydrogen) atoms. The van der Waals surface area contributed by atoms with Crippen LogP contribution in [0.1, 0.15) is 6.92 Å². The second-order valence-electron chi connectivity index (χ2n) is 3.65. The van der Waals surface area contributed by atoms with Crippen LogP contribution in [0.15, 0.2) is 30.3 Å². The molecule has 0 unspecified atom stereocenters. The van der Waals surface area contributed by atoms with Crippen molar-refractivity contribution in [1.82, 2.24) is 10.6 Å². The minimum Gasteiger partial charge on any atom is -0.492 e. The molecule has 5 heteroatoms. The van der Waals surface area contributed by atoms with Gasteiger partial charge in [0.1, 0.15) is 12.4 Å². The summed E-state index contributed by atoms with van der Waals surface area (Å²) in [6, 6.07) is 8.85. The van der Waals surface area contributed by atoms with Gasteiger partial charge in [-0.1, -0.05) is 18.2 Å². The predicted molar refractivity (Wildman–Crippen MR) is 65.0 cm³/mol. The molecule has 0 aliphatic rings. The molecular weight excluding hydrogens is 220 g/mol. The lowest BCUT2D eigenvalue weighted by Crippen LogP contribution is -2.43. The number of carbonyl (C=O) groups excluding carboxylic acids is 1. The van der Waals surface area contributed by atoms with Gasteiger partial charge in [0.2, 0.25) is 0 Å². The highest BCUT2D eigenvalue weighted by Crippen LogP contribution is 2.07. The fraction of sp³-hybridized carbons (Fsp3) is 0.417. The van der Waals surface area contributed by atoms with E-state index >= 15 is 0 Å². The molecule has 0 bridgehead atoms. The van der Waals surface area contributed by atoms with Crippen LogP contribution >= 0.6 is 0 Å². The highest BCUT2D eigenvalue weighted by molar-refractivity contribution is 5.74. The van der Waals surface area contributed by atoms with Crippen LogP contribution in [0.25, 0.3) is 0 Å². The summed E-state index contributed by atoms with van der Waals surface area (Å²) in [5.41, 5.74) is 0. The molecule has 0 heterocycles. The predicted octanol–water partition coefficient (Wildman–Crippen LogP) is 0.745. The molecule has 1 aromatic rings. The summed E-state index contributed by atoms with van der Waals surface area (Å²) in [6.07, 6.45) is 0. The van der Waals surface area contributed by atoms with E-state index in [1.807, 2.05) is 30.3 Å². The summed E-state index contributed by atoms with van der Waals surface area (Å²) >= 11 is 0. The summed E-state index contributed by atoms with van der Waals surface area (Å²) in [4.78, 5) is 11.2. The maximum Gasteiger partial charge on any atom is 0.315 e. The zero-order valence-corrected chi connectivity index (χ0v) is 9.85. The van der Waals surface area contributed by atoms with Gasteiger partial charge in [-0.25, -0.2) is 4.79 Å². The summed E-state index contributed by atoms with van der Waals surface area (Å²) < 4.78 is 5.40. The summed E-state index contributed by atoms with van der Waals surface area (Å²) in [5.74, 6) is 0.776. The largest absolute Gasteiger partial charge is 0.492 e. The van der Waals surface area contributed by atoms with Crippen molar-refractivity contribution in [3.63, 3.8) is 0 Å². The number of para-hydroxylation sites is 1. The molecule has 0 aliphatic carbocycles. The van der Waals surface area contributed by atoms with Gasteiger partial charge in [-0.15, -0.1) is 0 Å². The molecule has 1 rings (SSSR count). The first kappa shape index (κ1) is 13.3. The lowest BCUT2D eigenvalue weighted by Gasteiger charge is -2.12. The molecular formula is C12H18N2O3. The van der Waals surface area contributed by atoms with Crippen LogP contribution in [0, 0.1) is 0 Å². The van der Waals surface area contributed by atoms with Crippen LogP contribution < -0.4 is 15.4 Å². The van der Waals surface area contributed by atoms with E-state index in [4.69, 9.17) is 9.84 Å². The highest BCUT2D eigenvalue weighted by atomic mass is 16.5. The first-order valence-corrected chi connectivity index (χ1v) is 5.55. The van der Waals surface area contributed by atoms with Crippen molar-refractivity contribution in [2.75, 3.05) is 19.8 Å². The molecule has 0 aromatic heterocycles. The van der Waals surface area contributed by atoms with E-state index in [0.29, 0.717) is 13.2 Å². The van der Waals surface area contributed by atoms with E-state index in [-0.39, 0.29) is 18.7 Å². The molecule has 0 aliphatic heterocycles. The topological polar surface area (TPSA) is 70.6 Å². The normalized spacial score (nSPS) is 11.6. The van der Waals surface area contributed by atoms with Gasteiger partial charge in [-0.3, -0.25) is 0 Å². The standard InChI is InChI=1S/C12H18N2O3/c1-10(9-15)14-12(16)13-7-8-17-11-5-3-2-4-6-11/h2-6,10,15H,7-9H2,1H3,(H2,13,14,16)/t10-/m0/s1. The number of carbonyl (C=O) groups is 1. The third-order valence-corrected chi connectivity index (χ3v) is 2.05. The third-order valence-electron chi connectivity index (χ3n) is 2.05. The lowest BCUT2D eigenvalue weighted by atomic mass is 10.3. The third kappa shape index (κ3) is 5.77. The Labute approximate surface area is 101 Å². The Morgan fingerprint density at radius 2 is 2.12 bits per heavy atom. The fourth-order valence-corrected chi connectivity index (χ4v) is 1.17. The zero-order valence-electron chi connectivity index (χ0n) is 9.85. The molecule has 0 spiro atoms. The van der Waals surface area contributed by atoms with Gasteiger partial charge in [0.05, 0.1) is 19.2 Å². The van der Waals surface area contributed by atoms with E-state index in [0.717, 1.165) is 5.75 Å². The van der Waals surface area contributed by atoms with Crippen molar-refractivity contribution in [3.8, 4) is 5.75 Å². The summed E-state index contributed by atoms with van der Waals surface area (Å²) in [6.45, 7) is 2.47. The number of hydrogen-bond donors (Lipinski definition) is 3. The molecule has 94 valence electrons. The summed E-state index contributed by atoms with van der Waals surface area (Å²) in [5, 5.41) is 13.9. The quantitative estimate of drug-likeness (QED) is 0.640. The van der Waals surface area contributed by atoms with Crippen molar-refractivity contribution in [1.29, 1.82) is 0 Å². The van der Waals surface area contributed by atoms with Crippen molar-refractivity contribution in [2.24, 2.45) is 0 Å². The first-order valence-electron chi connectivity index (χ1n) is 5.55. The lowest BCUT2D eigenvalue weighted by molar-refractivity contribution is 0.218. The van der Waals surface area contributed by atoms with E-state index in [9.17, 15) is 4.79 Å². The van der Waals surface area contributed by atoms with Crippen LogP contribution in [0.3, 0.4) is 0 Å². The minimum absolute atomic E-state index is 0.0755. The Morgan fingerprint density at radius 3 is 2.76 bits per heavy atom. The van der Waals surface area contributed by atoms with Gasteiger partial charge in [-0.05, 0) is 19.1 Å². The Kier molecular flexibility index (Phi) is 5.88. The van der Waals surface area contributed by atoms with Crippen molar-refractivity contribution < 1.29 is 14.6 Å². The number of hydrogen-bond acceptors (Lipinski definition) is 3. The monoisotopic (exact) mass is 238 g/mol. The Bertz CT molecular complexity index is 330. The average molecular weight is 238 g/mol. The van der Waals surface area contributed by atoms with Gasteiger partial charge in [-0.2, -0.15) is 0 Å². The van der Waals surface area contributed by atoms with E-state index < -0.39 is 0 Å². The van der Waals surface area contributed by atoms with E-state index in [1.54, 1.807) is 6.92 Å².